The van der Waals surface area contributed by atoms with Gasteiger partial charge in [-0.1, -0.05) is 17.7 Å². The van der Waals surface area contributed by atoms with Crippen molar-refractivity contribution in [3.8, 4) is 17.2 Å². The highest BCUT2D eigenvalue weighted by molar-refractivity contribution is 7.92. The van der Waals surface area contributed by atoms with Gasteiger partial charge >= 0.3 is 0 Å². The zero-order valence-electron chi connectivity index (χ0n) is 21.5. The summed E-state index contributed by atoms with van der Waals surface area (Å²) >= 11 is 0. The second kappa shape index (κ2) is 12.3. The van der Waals surface area contributed by atoms with Gasteiger partial charge in [0.1, 0.15) is 12.3 Å². The molecule has 196 valence electrons. The molecule has 1 N–H and O–H groups in total. The molecule has 3 aromatic carbocycles. The quantitative estimate of drug-likeness (QED) is 0.298. The maximum Gasteiger partial charge on any atom is 0.264 e. The summed E-state index contributed by atoms with van der Waals surface area (Å²) in [6, 6.07) is 18.2. The van der Waals surface area contributed by atoms with E-state index in [2.05, 4.69) is 10.5 Å². The van der Waals surface area contributed by atoms with Gasteiger partial charge in [0.2, 0.25) is 0 Å². The summed E-state index contributed by atoms with van der Waals surface area (Å²) in [7, 11) is -0.977. The first-order chi connectivity index (χ1) is 17.7. The molecule has 0 unspecified atom stereocenters. The van der Waals surface area contributed by atoms with Crippen molar-refractivity contribution in [1.29, 1.82) is 0 Å². The van der Waals surface area contributed by atoms with Crippen molar-refractivity contribution in [2.24, 2.45) is 5.10 Å². The molecule has 3 rings (SSSR count). The van der Waals surface area contributed by atoms with E-state index in [-0.39, 0.29) is 4.90 Å². The van der Waals surface area contributed by atoms with Crippen molar-refractivity contribution in [3.05, 3.63) is 77.9 Å². The topological polar surface area (TPSA) is 107 Å². The molecule has 0 atom stereocenters. The van der Waals surface area contributed by atoms with Crippen LogP contribution in [0.4, 0.5) is 5.69 Å². The van der Waals surface area contributed by atoms with Crippen molar-refractivity contribution in [2.45, 2.75) is 25.7 Å². The minimum absolute atomic E-state index is 0.0739. The van der Waals surface area contributed by atoms with Crippen LogP contribution in [0.3, 0.4) is 0 Å². The number of carbonyl (C=O) groups excluding carboxylic acids is 1. The van der Waals surface area contributed by atoms with Crippen LogP contribution >= 0.6 is 0 Å². The summed E-state index contributed by atoms with van der Waals surface area (Å²) < 4.78 is 44.1. The maximum absolute atomic E-state index is 13.5. The van der Waals surface area contributed by atoms with E-state index < -0.39 is 22.5 Å². The molecule has 0 saturated heterocycles. The fourth-order valence-corrected chi connectivity index (χ4v) is 4.89. The lowest BCUT2D eigenvalue weighted by Gasteiger charge is -2.24. The van der Waals surface area contributed by atoms with Crippen molar-refractivity contribution in [3.63, 3.8) is 0 Å². The maximum atomic E-state index is 13.5. The molecule has 0 saturated carbocycles. The third-order valence-electron chi connectivity index (χ3n) is 5.48. The van der Waals surface area contributed by atoms with E-state index in [0.717, 1.165) is 9.87 Å². The molecular formula is C27H31N3O6S. The Hall–Kier alpha value is -4.05. The van der Waals surface area contributed by atoms with Crippen molar-refractivity contribution >= 4 is 27.3 Å². The SMILES string of the molecule is CCOc1ccc(N(CC(=O)N/N=C(/C)c2ccc(OC)c(OC)c2)S(=O)(=O)c2ccc(C)cc2)cc1. The molecule has 0 heterocycles. The van der Waals surface area contributed by atoms with Crippen molar-refractivity contribution in [2.75, 3.05) is 31.7 Å². The molecule has 0 bridgehead atoms. The highest BCUT2D eigenvalue weighted by Crippen LogP contribution is 2.28. The summed E-state index contributed by atoms with van der Waals surface area (Å²) in [6.07, 6.45) is 0. The zero-order valence-corrected chi connectivity index (χ0v) is 22.3. The van der Waals surface area contributed by atoms with Crippen LogP contribution in [0.5, 0.6) is 17.2 Å². The first-order valence-electron chi connectivity index (χ1n) is 11.6. The Morgan fingerprint density at radius 1 is 0.946 bits per heavy atom. The van der Waals surface area contributed by atoms with Crippen LogP contribution in [-0.2, 0) is 14.8 Å². The number of ether oxygens (including phenoxy) is 3. The highest BCUT2D eigenvalue weighted by atomic mass is 32.2. The number of aryl methyl sites for hydroxylation is 1. The number of methoxy groups -OCH3 is 2. The average Bonchev–Trinajstić information content (AvgIpc) is 2.90. The molecule has 0 radical (unpaired) electrons. The van der Waals surface area contributed by atoms with E-state index in [0.29, 0.717) is 40.8 Å². The van der Waals surface area contributed by atoms with Crippen LogP contribution < -0.4 is 23.9 Å². The fourth-order valence-electron chi connectivity index (χ4n) is 3.47. The number of nitrogens with zero attached hydrogens (tertiary/aromatic N) is 2. The Morgan fingerprint density at radius 2 is 1.59 bits per heavy atom. The number of anilines is 1. The second-order valence-electron chi connectivity index (χ2n) is 8.05. The Bertz CT molecular complexity index is 1350. The van der Waals surface area contributed by atoms with Crippen LogP contribution in [0.1, 0.15) is 25.0 Å². The van der Waals surface area contributed by atoms with E-state index in [9.17, 15) is 13.2 Å². The van der Waals surface area contributed by atoms with E-state index in [1.807, 2.05) is 13.8 Å². The molecule has 9 nitrogen and oxygen atoms in total. The summed E-state index contributed by atoms with van der Waals surface area (Å²) in [5.41, 5.74) is 4.90. The van der Waals surface area contributed by atoms with Gasteiger partial charge in [-0.05, 0) is 75.4 Å². The molecule has 0 fully saturated rings. The third kappa shape index (κ3) is 6.79. The van der Waals surface area contributed by atoms with E-state index in [1.165, 1.54) is 19.2 Å². The molecule has 0 aliphatic carbocycles. The summed E-state index contributed by atoms with van der Waals surface area (Å²) in [5, 5.41) is 4.16. The lowest BCUT2D eigenvalue weighted by molar-refractivity contribution is -0.119. The van der Waals surface area contributed by atoms with Crippen molar-refractivity contribution in [1.82, 2.24) is 5.43 Å². The van der Waals surface area contributed by atoms with Gasteiger partial charge in [-0.15, -0.1) is 0 Å². The molecule has 3 aromatic rings. The predicted molar refractivity (Wildman–Crippen MR) is 143 cm³/mol. The number of rotatable bonds is 11. The van der Waals surface area contributed by atoms with Gasteiger partial charge in [0, 0.05) is 5.56 Å². The number of nitrogens with one attached hydrogen (secondary N) is 1. The summed E-state index contributed by atoms with van der Waals surface area (Å²) in [5.74, 6) is 1.07. The molecule has 1 amide bonds. The Balaban J connectivity index is 1.86. The van der Waals surface area contributed by atoms with Gasteiger partial charge in [-0.25, -0.2) is 13.8 Å². The Kier molecular flexibility index (Phi) is 9.13. The minimum Gasteiger partial charge on any atom is -0.494 e. The smallest absolute Gasteiger partial charge is 0.264 e. The number of amides is 1. The number of sulfonamides is 1. The van der Waals surface area contributed by atoms with Gasteiger partial charge in [-0.3, -0.25) is 9.10 Å². The largest absolute Gasteiger partial charge is 0.494 e. The average molecular weight is 526 g/mol. The Labute approximate surface area is 217 Å². The summed E-state index contributed by atoms with van der Waals surface area (Å²) in [4.78, 5) is 13.0. The van der Waals surface area contributed by atoms with E-state index in [4.69, 9.17) is 14.2 Å². The van der Waals surface area contributed by atoms with Gasteiger partial charge < -0.3 is 14.2 Å². The highest BCUT2D eigenvalue weighted by Gasteiger charge is 2.27. The van der Waals surface area contributed by atoms with E-state index >= 15 is 0 Å². The van der Waals surface area contributed by atoms with Crippen molar-refractivity contribution < 1.29 is 27.4 Å². The Morgan fingerprint density at radius 3 is 2.19 bits per heavy atom. The van der Waals surface area contributed by atoms with Gasteiger partial charge in [0.25, 0.3) is 15.9 Å². The van der Waals surface area contributed by atoms with Crippen LogP contribution in [0, 0.1) is 6.92 Å². The number of hydrogen-bond acceptors (Lipinski definition) is 7. The van der Waals surface area contributed by atoms with Crippen LogP contribution in [0.25, 0.3) is 0 Å². The lowest BCUT2D eigenvalue weighted by atomic mass is 10.1. The number of benzene rings is 3. The van der Waals surface area contributed by atoms with Gasteiger partial charge in [-0.2, -0.15) is 5.10 Å². The first kappa shape index (κ1) is 27.5. The number of hydrazone groups is 1. The fraction of sp³-hybridized carbons (Fsp3) is 0.259. The number of hydrogen-bond donors (Lipinski definition) is 1. The van der Waals surface area contributed by atoms with Crippen LogP contribution in [0.15, 0.2) is 76.7 Å². The normalized spacial score (nSPS) is 11.5. The standard InChI is InChI=1S/C27H31N3O6S/c1-6-36-23-12-10-22(11-13-23)30(37(32,33)24-14-7-19(2)8-15-24)18-27(31)29-28-20(3)21-9-16-25(34-4)26(17-21)35-5/h7-17H,6,18H2,1-5H3,(H,29,31)/b28-20-. The molecule has 37 heavy (non-hydrogen) atoms. The minimum atomic E-state index is -4.05. The third-order valence-corrected chi connectivity index (χ3v) is 7.27. The molecule has 0 spiro atoms. The summed E-state index contributed by atoms with van der Waals surface area (Å²) in [6.45, 7) is 5.44. The molecule has 10 heteroatoms. The van der Waals surface area contributed by atoms with Gasteiger partial charge in [0.15, 0.2) is 11.5 Å². The predicted octanol–water partition coefficient (Wildman–Crippen LogP) is 4.15. The second-order valence-corrected chi connectivity index (χ2v) is 9.92. The van der Waals surface area contributed by atoms with Crippen LogP contribution in [0.2, 0.25) is 0 Å². The molecular weight excluding hydrogens is 494 g/mol. The molecule has 0 aliphatic heterocycles. The molecule has 0 aromatic heterocycles. The first-order valence-corrected chi connectivity index (χ1v) is 13.0. The zero-order chi connectivity index (χ0) is 27.0. The van der Waals surface area contributed by atoms with E-state index in [1.54, 1.807) is 68.6 Å². The number of carbonyl (C=O) groups is 1. The monoisotopic (exact) mass is 525 g/mol. The lowest BCUT2D eigenvalue weighted by Crippen LogP contribution is -2.39. The molecule has 0 aliphatic rings. The van der Waals surface area contributed by atoms with Crippen LogP contribution in [-0.4, -0.2) is 47.4 Å². The van der Waals surface area contributed by atoms with Gasteiger partial charge in [0.05, 0.1) is 37.1 Å².